The third-order valence-corrected chi connectivity index (χ3v) is 4.82. The van der Waals surface area contributed by atoms with Crippen LogP contribution in [0.25, 0.3) is 0 Å². The molecule has 0 aromatic heterocycles. The molecule has 120 valence electrons. The van der Waals surface area contributed by atoms with E-state index in [-0.39, 0.29) is 11.3 Å². The summed E-state index contributed by atoms with van der Waals surface area (Å²) in [7, 11) is 4.86. The highest BCUT2D eigenvalue weighted by molar-refractivity contribution is 5.85. The van der Waals surface area contributed by atoms with Gasteiger partial charge in [-0.25, -0.2) is 0 Å². The molecule has 1 amide bonds. The number of nitrogens with zero attached hydrogens (tertiary/aromatic N) is 1. The number of amides is 1. The monoisotopic (exact) mass is 305 g/mol. The summed E-state index contributed by atoms with van der Waals surface area (Å²) in [6.07, 6.45) is 2.79. The van der Waals surface area contributed by atoms with Crippen molar-refractivity contribution in [3.05, 3.63) is 17.2 Å². The Bertz CT molecular complexity index is 607. The smallest absolute Gasteiger partial charge is 0.228 e. The zero-order chi connectivity index (χ0) is 15.9. The predicted octanol–water partition coefficient (Wildman–Crippen LogP) is 2.40. The van der Waals surface area contributed by atoms with Gasteiger partial charge in [-0.1, -0.05) is 6.92 Å². The van der Waals surface area contributed by atoms with Gasteiger partial charge < -0.3 is 19.1 Å². The van der Waals surface area contributed by atoms with Crippen LogP contribution in [-0.4, -0.2) is 38.7 Å². The Morgan fingerprint density at radius 2 is 1.82 bits per heavy atom. The number of rotatable bonds is 4. The Morgan fingerprint density at radius 1 is 1.14 bits per heavy atom. The van der Waals surface area contributed by atoms with Crippen LogP contribution in [-0.2, 0) is 17.8 Å². The zero-order valence-corrected chi connectivity index (χ0v) is 13.7. The minimum absolute atomic E-state index is 0.127. The third kappa shape index (κ3) is 2.28. The van der Waals surface area contributed by atoms with E-state index in [1.165, 1.54) is 0 Å². The van der Waals surface area contributed by atoms with Gasteiger partial charge in [0, 0.05) is 24.1 Å². The first kappa shape index (κ1) is 15.0. The molecule has 1 saturated carbocycles. The van der Waals surface area contributed by atoms with E-state index in [1.54, 1.807) is 21.3 Å². The van der Waals surface area contributed by atoms with E-state index in [0.717, 1.165) is 42.7 Å². The van der Waals surface area contributed by atoms with E-state index in [1.807, 2.05) is 11.0 Å². The molecule has 0 spiro atoms. The minimum atomic E-state index is -0.127. The lowest BCUT2D eigenvalue weighted by atomic mass is 9.96. The van der Waals surface area contributed by atoms with Gasteiger partial charge in [0.2, 0.25) is 11.7 Å². The van der Waals surface area contributed by atoms with E-state index < -0.39 is 0 Å². The van der Waals surface area contributed by atoms with Crippen LogP contribution < -0.4 is 14.2 Å². The first-order chi connectivity index (χ1) is 10.5. The number of methoxy groups -OCH3 is 3. The summed E-state index contributed by atoms with van der Waals surface area (Å²) in [5.41, 5.74) is 2.07. The Hall–Kier alpha value is -1.91. The number of fused-ring (bicyclic) bond motifs is 1. The van der Waals surface area contributed by atoms with Crippen LogP contribution in [0.5, 0.6) is 17.2 Å². The lowest BCUT2D eigenvalue weighted by molar-refractivity contribution is -0.137. The largest absolute Gasteiger partial charge is 0.493 e. The maximum atomic E-state index is 12.6. The quantitative estimate of drug-likeness (QED) is 0.857. The summed E-state index contributed by atoms with van der Waals surface area (Å²) in [5.74, 6) is 2.26. The number of hydrogen-bond acceptors (Lipinski definition) is 4. The van der Waals surface area contributed by atoms with Gasteiger partial charge in [0.1, 0.15) is 0 Å². The fraction of sp³-hybridized carbons (Fsp3) is 0.588. The number of carbonyl (C=O) groups excluding carboxylic acids is 1. The van der Waals surface area contributed by atoms with Crippen LogP contribution in [0.4, 0.5) is 0 Å². The molecule has 0 bridgehead atoms. The highest BCUT2D eigenvalue weighted by atomic mass is 16.5. The third-order valence-electron chi connectivity index (χ3n) is 4.82. The van der Waals surface area contributed by atoms with Crippen molar-refractivity contribution in [2.24, 2.45) is 5.41 Å². The van der Waals surface area contributed by atoms with Crippen molar-refractivity contribution in [1.82, 2.24) is 4.90 Å². The van der Waals surface area contributed by atoms with Gasteiger partial charge >= 0.3 is 0 Å². The van der Waals surface area contributed by atoms with Gasteiger partial charge in [0.15, 0.2) is 11.5 Å². The number of carbonyl (C=O) groups is 1. The van der Waals surface area contributed by atoms with E-state index in [4.69, 9.17) is 14.2 Å². The van der Waals surface area contributed by atoms with Crippen molar-refractivity contribution in [2.45, 2.75) is 32.7 Å². The van der Waals surface area contributed by atoms with Crippen LogP contribution in [0.15, 0.2) is 6.07 Å². The molecule has 0 unspecified atom stereocenters. The molecule has 1 aromatic carbocycles. The van der Waals surface area contributed by atoms with E-state index >= 15 is 0 Å². The molecule has 1 aromatic rings. The lowest BCUT2D eigenvalue weighted by Crippen LogP contribution is -2.40. The van der Waals surface area contributed by atoms with Crippen LogP contribution in [0.1, 0.15) is 30.9 Å². The Labute approximate surface area is 131 Å². The van der Waals surface area contributed by atoms with E-state index in [9.17, 15) is 4.79 Å². The second-order valence-electron chi connectivity index (χ2n) is 6.32. The molecule has 5 nitrogen and oxygen atoms in total. The van der Waals surface area contributed by atoms with Gasteiger partial charge in [0.25, 0.3) is 0 Å². The SMILES string of the molecule is COc1cc2c(c(OC)c1OC)CCN(C(=O)C1(C)CC1)C2. The van der Waals surface area contributed by atoms with Crippen LogP contribution in [0.2, 0.25) is 0 Å². The maximum absolute atomic E-state index is 12.6. The summed E-state index contributed by atoms with van der Waals surface area (Å²) in [6, 6.07) is 1.96. The molecule has 5 heteroatoms. The average molecular weight is 305 g/mol. The fourth-order valence-corrected chi connectivity index (χ4v) is 3.17. The van der Waals surface area contributed by atoms with Gasteiger partial charge in [-0.3, -0.25) is 4.79 Å². The van der Waals surface area contributed by atoms with Gasteiger partial charge in [-0.15, -0.1) is 0 Å². The Balaban J connectivity index is 1.95. The van der Waals surface area contributed by atoms with Gasteiger partial charge in [-0.05, 0) is 30.9 Å². The van der Waals surface area contributed by atoms with Crippen LogP contribution >= 0.6 is 0 Å². The summed E-state index contributed by atoms with van der Waals surface area (Å²) in [4.78, 5) is 14.5. The predicted molar refractivity (Wildman–Crippen MR) is 82.6 cm³/mol. The average Bonchev–Trinajstić information content (AvgIpc) is 3.30. The van der Waals surface area contributed by atoms with Crippen molar-refractivity contribution in [3.63, 3.8) is 0 Å². The summed E-state index contributed by atoms with van der Waals surface area (Å²) in [6.45, 7) is 3.40. The fourth-order valence-electron chi connectivity index (χ4n) is 3.17. The van der Waals surface area contributed by atoms with Crippen molar-refractivity contribution in [1.29, 1.82) is 0 Å². The maximum Gasteiger partial charge on any atom is 0.228 e. The molecule has 1 fully saturated rings. The number of benzene rings is 1. The second-order valence-corrected chi connectivity index (χ2v) is 6.32. The highest BCUT2D eigenvalue weighted by Gasteiger charge is 2.47. The van der Waals surface area contributed by atoms with Gasteiger partial charge in [0.05, 0.1) is 21.3 Å². The van der Waals surface area contributed by atoms with Gasteiger partial charge in [-0.2, -0.15) is 0 Å². The van der Waals surface area contributed by atoms with Crippen LogP contribution in [0, 0.1) is 5.41 Å². The van der Waals surface area contributed by atoms with Crippen molar-refractivity contribution >= 4 is 5.91 Å². The minimum Gasteiger partial charge on any atom is -0.493 e. The first-order valence-corrected chi connectivity index (χ1v) is 7.64. The summed E-state index contributed by atoms with van der Waals surface area (Å²) >= 11 is 0. The normalized spacial score (nSPS) is 18.5. The first-order valence-electron chi connectivity index (χ1n) is 7.64. The molecule has 1 aliphatic carbocycles. The molecular weight excluding hydrogens is 282 g/mol. The molecule has 2 aliphatic rings. The summed E-state index contributed by atoms with van der Waals surface area (Å²) < 4.78 is 16.4. The molecule has 1 heterocycles. The Morgan fingerprint density at radius 3 is 2.36 bits per heavy atom. The zero-order valence-electron chi connectivity index (χ0n) is 13.7. The van der Waals surface area contributed by atoms with E-state index in [2.05, 4.69) is 6.92 Å². The standard InChI is InChI=1S/C17H23NO4/c1-17(6-7-17)16(19)18-8-5-12-11(10-18)9-13(20-2)15(22-4)14(12)21-3/h9H,5-8,10H2,1-4H3. The van der Waals surface area contributed by atoms with Crippen molar-refractivity contribution in [2.75, 3.05) is 27.9 Å². The molecule has 0 atom stereocenters. The number of hydrogen-bond donors (Lipinski definition) is 0. The van der Waals surface area contributed by atoms with Crippen LogP contribution in [0.3, 0.4) is 0 Å². The second kappa shape index (κ2) is 5.38. The molecule has 0 saturated heterocycles. The van der Waals surface area contributed by atoms with Crippen molar-refractivity contribution < 1.29 is 19.0 Å². The van der Waals surface area contributed by atoms with E-state index in [0.29, 0.717) is 18.0 Å². The molecule has 3 rings (SSSR count). The lowest BCUT2D eigenvalue weighted by Gasteiger charge is -2.32. The molecule has 0 radical (unpaired) electrons. The molecular formula is C17H23NO4. The molecule has 1 aliphatic heterocycles. The highest BCUT2D eigenvalue weighted by Crippen LogP contribution is 2.48. The molecule has 22 heavy (non-hydrogen) atoms. The number of ether oxygens (including phenoxy) is 3. The topological polar surface area (TPSA) is 48.0 Å². The summed E-state index contributed by atoms with van der Waals surface area (Å²) in [5, 5.41) is 0. The molecule has 0 N–H and O–H groups in total. The van der Waals surface area contributed by atoms with Crippen molar-refractivity contribution in [3.8, 4) is 17.2 Å². The Kier molecular flexibility index (Phi) is 3.67.